The number of likely N-dealkylation sites (tertiary alicyclic amines) is 1. The zero-order chi connectivity index (χ0) is 21.2. The van der Waals surface area contributed by atoms with Crippen molar-refractivity contribution in [3.05, 3.63) is 64.2 Å². The van der Waals surface area contributed by atoms with Crippen molar-refractivity contribution in [3.63, 3.8) is 0 Å². The maximum atomic E-state index is 11.7. The van der Waals surface area contributed by atoms with Crippen molar-refractivity contribution in [3.8, 4) is 0 Å². The van der Waals surface area contributed by atoms with Crippen LogP contribution in [0, 0.1) is 12.3 Å². The fraction of sp³-hybridized carbons (Fsp3) is 0.458. The van der Waals surface area contributed by atoms with Crippen LogP contribution in [0.1, 0.15) is 50.3 Å². The normalized spacial score (nSPS) is 19.8. The minimum Gasteiger partial charge on any atom is -0.465 e. The van der Waals surface area contributed by atoms with Crippen molar-refractivity contribution < 1.29 is 9.90 Å². The third-order valence-electron chi connectivity index (χ3n) is 5.91. The smallest absolute Gasteiger partial charge is 0.407 e. The highest BCUT2D eigenvalue weighted by atomic mass is 35.5. The molecule has 1 aliphatic heterocycles. The summed E-state index contributed by atoms with van der Waals surface area (Å²) in [5.41, 5.74) is 4.79. The lowest BCUT2D eigenvalue weighted by Gasteiger charge is -2.45. The highest BCUT2D eigenvalue weighted by Crippen LogP contribution is 2.34. The molecule has 2 aromatic carbocycles. The molecule has 1 saturated heterocycles. The summed E-state index contributed by atoms with van der Waals surface area (Å²) in [6, 6.07) is 14.6. The van der Waals surface area contributed by atoms with Crippen molar-refractivity contribution >= 4 is 23.4 Å². The van der Waals surface area contributed by atoms with E-state index in [0.717, 1.165) is 30.0 Å². The van der Waals surface area contributed by atoms with Gasteiger partial charge in [0.1, 0.15) is 0 Å². The Bertz CT molecular complexity index is 858. The van der Waals surface area contributed by atoms with Crippen LogP contribution in [0.2, 0.25) is 5.02 Å². The molecule has 0 saturated carbocycles. The Morgan fingerprint density at radius 1 is 1.21 bits per heavy atom. The van der Waals surface area contributed by atoms with Crippen LogP contribution in [0.5, 0.6) is 0 Å². The number of carboxylic acid groups (broad SMARTS) is 1. The molecule has 29 heavy (non-hydrogen) atoms. The fourth-order valence-electron chi connectivity index (χ4n) is 4.24. The second-order valence-corrected chi connectivity index (χ2v) is 9.56. The van der Waals surface area contributed by atoms with E-state index >= 15 is 0 Å². The summed E-state index contributed by atoms with van der Waals surface area (Å²) in [5, 5.41) is 14.1. The fourth-order valence-corrected chi connectivity index (χ4v) is 4.37. The number of amides is 1. The molecule has 2 atom stereocenters. The van der Waals surface area contributed by atoms with Crippen LogP contribution < -0.4 is 5.32 Å². The van der Waals surface area contributed by atoms with E-state index in [-0.39, 0.29) is 17.5 Å². The zero-order valence-corrected chi connectivity index (χ0v) is 18.5. The predicted molar refractivity (Wildman–Crippen MR) is 120 cm³/mol. The molecule has 0 spiro atoms. The highest BCUT2D eigenvalue weighted by molar-refractivity contribution is 6.30. The first-order valence-electron chi connectivity index (χ1n) is 10.2. The molecule has 0 bridgehead atoms. The Kier molecular flexibility index (Phi) is 6.42. The molecule has 3 rings (SSSR count). The Hall–Kier alpha value is -2.20. The SMILES string of the molecule is Cc1cccc(NC2CCN(C(=O)O)C(C(C)(C)C)C2)c1Cc1ccc(Cl)cc1. The third-order valence-corrected chi connectivity index (χ3v) is 6.16. The quantitative estimate of drug-likeness (QED) is 0.625. The number of nitrogens with zero attached hydrogens (tertiary/aromatic N) is 1. The van der Waals surface area contributed by atoms with Crippen LogP contribution in [0.4, 0.5) is 10.5 Å². The Balaban J connectivity index is 1.80. The van der Waals surface area contributed by atoms with E-state index < -0.39 is 6.09 Å². The molecule has 1 amide bonds. The van der Waals surface area contributed by atoms with E-state index in [1.807, 2.05) is 12.1 Å². The lowest BCUT2D eigenvalue weighted by molar-refractivity contribution is 0.0557. The summed E-state index contributed by atoms with van der Waals surface area (Å²) in [5.74, 6) is 0. The van der Waals surface area contributed by atoms with Crippen molar-refractivity contribution in [2.45, 2.75) is 59.0 Å². The van der Waals surface area contributed by atoms with Crippen LogP contribution in [0.25, 0.3) is 0 Å². The first kappa shape index (κ1) is 21.5. The summed E-state index contributed by atoms with van der Waals surface area (Å²) in [7, 11) is 0. The van der Waals surface area contributed by atoms with Gasteiger partial charge in [0.2, 0.25) is 0 Å². The number of halogens is 1. The Morgan fingerprint density at radius 2 is 1.90 bits per heavy atom. The molecule has 4 nitrogen and oxygen atoms in total. The number of hydrogen-bond acceptors (Lipinski definition) is 2. The summed E-state index contributed by atoms with van der Waals surface area (Å²) in [6.45, 7) is 9.06. The zero-order valence-electron chi connectivity index (χ0n) is 17.7. The van der Waals surface area contributed by atoms with Crippen LogP contribution >= 0.6 is 11.6 Å². The number of aryl methyl sites for hydroxylation is 1. The molecule has 2 N–H and O–H groups in total. The lowest BCUT2D eigenvalue weighted by Crippen LogP contribution is -2.54. The molecule has 0 radical (unpaired) electrons. The minimum absolute atomic E-state index is 0.00391. The maximum absolute atomic E-state index is 11.7. The molecule has 2 aromatic rings. The van der Waals surface area contributed by atoms with Gasteiger partial charge in [0.05, 0.1) is 0 Å². The number of anilines is 1. The average Bonchev–Trinajstić information content (AvgIpc) is 2.65. The van der Waals surface area contributed by atoms with Crippen LogP contribution in [-0.4, -0.2) is 34.7 Å². The second-order valence-electron chi connectivity index (χ2n) is 9.13. The van der Waals surface area contributed by atoms with Crippen LogP contribution in [0.15, 0.2) is 42.5 Å². The number of nitrogens with one attached hydrogen (secondary N) is 1. The van der Waals surface area contributed by atoms with E-state index in [4.69, 9.17) is 11.6 Å². The van der Waals surface area contributed by atoms with Crippen LogP contribution in [-0.2, 0) is 6.42 Å². The first-order chi connectivity index (χ1) is 13.6. The summed E-state index contributed by atoms with van der Waals surface area (Å²) in [6.07, 6.45) is 1.64. The summed E-state index contributed by atoms with van der Waals surface area (Å²) < 4.78 is 0. The van der Waals surface area contributed by atoms with Gasteiger partial charge in [-0.05, 0) is 66.5 Å². The molecule has 0 aliphatic carbocycles. The number of piperidine rings is 1. The maximum Gasteiger partial charge on any atom is 0.407 e. The highest BCUT2D eigenvalue weighted by Gasteiger charge is 2.38. The van der Waals surface area contributed by atoms with E-state index in [1.165, 1.54) is 16.7 Å². The van der Waals surface area contributed by atoms with Gasteiger partial charge in [-0.2, -0.15) is 0 Å². The van der Waals surface area contributed by atoms with Gasteiger partial charge in [-0.25, -0.2) is 4.79 Å². The molecule has 1 fully saturated rings. The van der Waals surface area contributed by atoms with Crippen molar-refractivity contribution in [2.24, 2.45) is 5.41 Å². The van der Waals surface area contributed by atoms with Crippen molar-refractivity contribution in [1.82, 2.24) is 4.90 Å². The molecular formula is C24H31ClN2O2. The van der Waals surface area contributed by atoms with E-state index in [9.17, 15) is 9.90 Å². The van der Waals surface area contributed by atoms with Gasteiger partial charge in [0.15, 0.2) is 0 Å². The largest absolute Gasteiger partial charge is 0.465 e. The standard InChI is InChI=1S/C24H31ClN2O2/c1-16-6-5-7-21(20(16)14-17-8-10-18(25)11-9-17)26-19-12-13-27(23(28)29)22(15-19)24(2,3)4/h5-11,19,22,26H,12-15H2,1-4H3,(H,28,29). The minimum atomic E-state index is -0.817. The molecule has 156 valence electrons. The lowest BCUT2D eigenvalue weighted by atomic mass is 9.79. The third kappa shape index (κ3) is 5.24. The van der Waals surface area contributed by atoms with Crippen molar-refractivity contribution in [1.29, 1.82) is 0 Å². The van der Waals surface area contributed by atoms with Gasteiger partial charge in [-0.3, -0.25) is 0 Å². The molecule has 1 heterocycles. The molecule has 5 heteroatoms. The summed E-state index contributed by atoms with van der Waals surface area (Å²) >= 11 is 6.03. The number of carbonyl (C=O) groups is 1. The molecule has 2 unspecified atom stereocenters. The van der Waals surface area contributed by atoms with Gasteiger partial charge in [0.25, 0.3) is 0 Å². The molecular weight excluding hydrogens is 384 g/mol. The van der Waals surface area contributed by atoms with E-state index in [2.05, 4.69) is 63.3 Å². The van der Waals surface area contributed by atoms with Gasteiger partial charge >= 0.3 is 6.09 Å². The topological polar surface area (TPSA) is 52.6 Å². The molecule has 0 aromatic heterocycles. The summed E-state index contributed by atoms with van der Waals surface area (Å²) in [4.78, 5) is 13.3. The van der Waals surface area contributed by atoms with Crippen molar-refractivity contribution in [2.75, 3.05) is 11.9 Å². The Labute approximate surface area is 178 Å². The van der Waals surface area contributed by atoms with E-state index in [0.29, 0.717) is 6.54 Å². The van der Waals surface area contributed by atoms with Gasteiger partial charge in [0, 0.05) is 29.3 Å². The Morgan fingerprint density at radius 3 is 2.52 bits per heavy atom. The number of benzene rings is 2. The second kappa shape index (κ2) is 8.66. The number of rotatable bonds is 4. The van der Waals surface area contributed by atoms with Gasteiger partial charge < -0.3 is 15.3 Å². The first-order valence-corrected chi connectivity index (χ1v) is 10.6. The van der Waals surface area contributed by atoms with Crippen LogP contribution in [0.3, 0.4) is 0 Å². The van der Waals surface area contributed by atoms with Gasteiger partial charge in [-0.1, -0.05) is 56.6 Å². The monoisotopic (exact) mass is 414 g/mol. The predicted octanol–water partition coefficient (Wildman–Crippen LogP) is 6.21. The van der Waals surface area contributed by atoms with Gasteiger partial charge in [-0.15, -0.1) is 0 Å². The van der Waals surface area contributed by atoms with E-state index in [1.54, 1.807) is 4.90 Å². The average molecular weight is 415 g/mol. The molecule has 1 aliphatic rings. The number of hydrogen-bond donors (Lipinski definition) is 2.